The summed E-state index contributed by atoms with van der Waals surface area (Å²) in [5.74, 6) is -2.57. The number of hydrogen-bond acceptors (Lipinski definition) is 8. The van der Waals surface area contributed by atoms with Gasteiger partial charge in [-0.3, -0.25) is 9.59 Å². The first-order valence-corrected chi connectivity index (χ1v) is 7.67. The fourth-order valence-corrected chi connectivity index (χ4v) is 1.69. The summed E-state index contributed by atoms with van der Waals surface area (Å²) in [7, 11) is 1.47. The number of nitrogens with one attached hydrogen (secondary N) is 2. The number of carbonyl (C=O) groups is 3. The number of methoxy groups -OCH3 is 1. The Morgan fingerprint density at radius 3 is 2.62 bits per heavy atom. The van der Waals surface area contributed by atoms with Gasteiger partial charge in [0.25, 0.3) is 0 Å². The van der Waals surface area contributed by atoms with Crippen LogP contribution in [0.15, 0.2) is 23.3 Å². The maximum absolute atomic E-state index is 11.5. The van der Waals surface area contributed by atoms with Crippen molar-refractivity contribution >= 4 is 24.0 Å². The minimum absolute atomic E-state index is 0.206. The van der Waals surface area contributed by atoms with Crippen molar-refractivity contribution < 1.29 is 33.7 Å². The summed E-state index contributed by atoms with van der Waals surface area (Å²) < 4.78 is 15.2. The van der Waals surface area contributed by atoms with Crippen LogP contribution in [0, 0.1) is 0 Å². The summed E-state index contributed by atoms with van der Waals surface area (Å²) in [6, 6.07) is 4.61. The Labute approximate surface area is 150 Å². The molecule has 0 aromatic heterocycles. The number of carboxylic acids is 1. The highest BCUT2D eigenvalue weighted by Gasteiger charge is 2.11. The van der Waals surface area contributed by atoms with Crippen molar-refractivity contribution in [3.63, 3.8) is 0 Å². The van der Waals surface area contributed by atoms with Crippen molar-refractivity contribution in [2.45, 2.75) is 6.92 Å². The largest absolute Gasteiger partial charge is 0.546 e. The molecule has 0 bridgehead atoms. The third-order valence-corrected chi connectivity index (χ3v) is 2.79. The summed E-state index contributed by atoms with van der Waals surface area (Å²) in [6.45, 7) is 1.97. The number of hydrazone groups is 1. The Kier molecular flexibility index (Phi) is 9.18. The van der Waals surface area contributed by atoms with Crippen LogP contribution in [-0.4, -0.2) is 57.5 Å². The van der Waals surface area contributed by atoms with Crippen molar-refractivity contribution in [3.8, 4) is 11.5 Å². The summed E-state index contributed by atoms with van der Waals surface area (Å²) in [5.41, 5.74) is 2.62. The molecular weight excluding hydrogens is 346 g/mol. The zero-order valence-electron chi connectivity index (χ0n) is 14.4. The number of nitrogens with zero attached hydrogens (tertiary/aromatic N) is 1. The smallest absolute Gasteiger partial charge is 0.329 e. The topological polar surface area (TPSA) is 138 Å². The average Bonchev–Trinajstić information content (AvgIpc) is 2.61. The Hall–Kier alpha value is -3.14. The fraction of sp³-hybridized carbons (Fsp3) is 0.375. The Morgan fingerprint density at radius 1 is 1.19 bits per heavy atom. The van der Waals surface area contributed by atoms with Gasteiger partial charge in [-0.2, -0.15) is 5.10 Å². The van der Waals surface area contributed by atoms with Crippen molar-refractivity contribution in [3.05, 3.63) is 23.8 Å². The second-order valence-corrected chi connectivity index (χ2v) is 4.75. The SMILES string of the molecule is CCOc1cc(/C=N\NC(=O)C(=O)NCCOC)ccc1OCC(=O)[O-]. The molecule has 10 nitrogen and oxygen atoms in total. The third-order valence-electron chi connectivity index (χ3n) is 2.79. The predicted molar refractivity (Wildman–Crippen MR) is 88.7 cm³/mol. The van der Waals surface area contributed by atoms with Crippen LogP contribution in [0.1, 0.15) is 12.5 Å². The third kappa shape index (κ3) is 7.62. The quantitative estimate of drug-likeness (QED) is 0.221. The van der Waals surface area contributed by atoms with Gasteiger partial charge in [0.1, 0.15) is 6.61 Å². The monoisotopic (exact) mass is 366 g/mol. The molecule has 0 saturated heterocycles. The van der Waals surface area contributed by atoms with Gasteiger partial charge in [0, 0.05) is 13.7 Å². The average molecular weight is 366 g/mol. The van der Waals surface area contributed by atoms with Crippen LogP contribution in [0.3, 0.4) is 0 Å². The molecular formula is C16H20N3O7-. The molecule has 2 amide bonds. The molecule has 0 spiro atoms. The second kappa shape index (κ2) is 11.4. The van der Waals surface area contributed by atoms with Crippen LogP contribution in [0.5, 0.6) is 11.5 Å². The maximum Gasteiger partial charge on any atom is 0.329 e. The number of hydrogen-bond donors (Lipinski definition) is 2. The molecule has 2 N–H and O–H groups in total. The molecule has 0 fully saturated rings. The Balaban J connectivity index is 2.66. The van der Waals surface area contributed by atoms with Gasteiger partial charge in [-0.05, 0) is 30.7 Å². The summed E-state index contributed by atoms with van der Waals surface area (Å²) in [5, 5.41) is 16.5. The van der Waals surface area contributed by atoms with E-state index in [0.717, 1.165) is 0 Å². The Bertz CT molecular complexity index is 661. The number of benzene rings is 1. The van der Waals surface area contributed by atoms with E-state index in [1.165, 1.54) is 19.4 Å². The lowest BCUT2D eigenvalue weighted by atomic mass is 10.2. The van der Waals surface area contributed by atoms with E-state index >= 15 is 0 Å². The molecule has 0 radical (unpaired) electrons. The van der Waals surface area contributed by atoms with Crippen LogP contribution in [-0.2, 0) is 19.1 Å². The molecule has 1 rings (SSSR count). The molecule has 0 unspecified atom stereocenters. The van der Waals surface area contributed by atoms with E-state index in [-0.39, 0.29) is 18.9 Å². The zero-order valence-corrected chi connectivity index (χ0v) is 14.4. The lowest BCUT2D eigenvalue weighted by Crippen LogP contribution is -2.39. The van der Waals surface area contributed by atoms with Crippen LogP contribution in [0.4, 0.5) is 0 Å². The second-order valence-electron chi connectivity index (χ2n) is 4.75. The number of amides is 2. The molecule has 0 atom stereocenters. The highest BCUT2D eigenvalue weighted by molar-refractivity contribution is 6.35. The van der Waals surface area contributed by atoms with E-state index < -0.39 is 24.4 Å². The van der Waals surface area contributed by atoms with E-state index in [0.29, 0.717) is 17.9 Å². The number of carboxylic acid groups (broad SMARTS) is 1. The van der Waals surface area contributed by atoms with Gasteiger partial charge in [-0.1, -0.05) is 0 Å². The minimum atomic E-state index is -1.36. The highest BCUT2D eigenvalue weighted by atomic mass is 16.5. The molecule has 0 heterocycles. The van der Waals surface area contributed by atoms with Gasteiger partial charge in [-0.25, -0.2) is 5.43 Å². The molecule has 0 aliphatic rings. The molecule has 1 aromatic rings. The number of aliphatic carboxylic acids is 1. The van der Waals surface area contributed by atoms with Gasteiger partial charge < -0.3 is 29.4 Å². The van der Waals surface area contributed by atoms with Crippen LogP contribution >= 0.6 is 0 Å². The van der Waals surface area contributed by atoms with Gasteiger partial charge in [0.05, 0.1) is 25.4 Å². The van der Waals surface area contributed by atoms with E-state index in [1.807, 2.05) is 0 Å². The molecule has 0 aliphatic carbocycles. The minimum Gasteiger partial charge on any atom is -0.546 e. The fourth-order valence-electron chi connectivity index (χ4n) is 1.69. The maximum atomic E-state index is 11.5. The molecule has 0 aliphatic heterocycles. The first kappa shape index (κ1) is 20.9. The van der Waals surface area contributed by atoms with Crippen molar-refractivity contribution in [1.82, 2.24) is 10.7 Å². The van der Waals surface area contributed by atoms with Crippen molar-refractivity contribution in [1.29, 1.82) is 0 Å². The summed E-state index contributed by atoms with van der Waals surface area (Å²) >= 11 is 0. The van der Waals surface area contributed by atoms with Crippen molar-refractivity contribution in [2.24, 2.45) is 5.10 Å². The van der Waals surface area contributed by atoms with Gasteiger partial charge in [0.2, 0.25) is 0 Å². The van der Waals surface area contributed by atoms with Gasteiger partial charge in [-0.15, -0.1) is 0 Å². The number of ether oxygens (including phenoxy) is 3. The van der Waals surface area contributed by atoms with Crippen molar-refractivity contribution in [2.75, 3.05) is 33.5 Å². The van der Waals surface area contributed by atoms with E-state index in [2.05, 4.69) is 15.8 Å². The first-order chi connectivity index (χ1) is 12.5. The highest BCUT2D eigenvalue weighted by Crippen LogP contribution is 2.27. The number of rotatable bonds is 10. The summed E-state index contributed by atoms with van der Waals surface area (Å²) in [6.07, 6.45) is 1.30. The summed E-state index contributed by atoms with van der Waals surface area (Å²) in [4.78, 5) is 33.4. The predicted octanol–water partition coefficient (Wildman–Crippen LogP) is -1.57. The van der Waals surface area contributed by atoms with E-state index in [9.17, 15) is 19.5 Å². The van der Waals surface area contributed by atoms with Gasteiger partial charge >= 0.3 is 11.8 Å². The van der Waals surface area contributed by atoms with E-state index in [1.54, 1.807) is 19.1 Å². The molecule has 26 heavy (non-hydrogen) atoms. The molecule has 1 aromatic carbocycles. The lowest BCUT2D eigenvalue weighted by Gasteiger charge is -2.12. The van der Waals surface area contributed by atoms with Gasteiger partial charge in [0.15, 0.2) is 11.5 Å². The van der Waals surface area contributed by atoms with Crippen LogP contribution in [0.2, 0.25) is 0 Å². The molecule has 10 heteroatoms. The molecule has 142 valence electrons. The van der Waals surface area contributed by atoms with Crippen LogP contribution in [0.25, 0.3) is 0 Å². The number of carbonyl (C=O) groups excluding carboxylic acids is 3. The normalized spacial score (nSPS) is 10.4. The van der Waals surface area contributed by atoms with Crippen LogP contribution < -0.4 is 25.3 Å². The first-order valence-electron chi connectivity index (χ1n) is 7.67. The Morgan fingerprint density at radius 2 is 1.96 bits per heavy atom. The molecule has 0 saturated carbocycles. The zero-order chi connectivity index (χ0) is 19.4. The standard InChI is InChI=1S/C16H21N3O7/c1-3-25-13-8-11(4-5-12(13)26-10-14(20)21)9-18-19-16(23)15(22)17-6-7-24-2/h4-5,8-9H,3,6-7,10H2,1-2H3,(H,17,22)(H,19,23)(H,20,21)/p-1/b18-9-. The van der Waals surface area contributed by atoms with E-state index in [4.69, 9.17) is 14.2 Å². The lowest BCUT2D eigenvalue weighted by molar-refractivity contribution is -0.307.